The first-order valence-electron chi connectivity index (χ1n) is 4.43. The molecule has 70 valence electrons. The zero-order chi connectivity index (χ0) is 8.84. The van der Waals surface area contributed by atoms with Crippen LogP contribution in [-0.2, 0) is 4.74 Å². The smallest absolute Gasteiger partial charge is 0.139 e. The lowest BCUT2D eigenvalue weighted by atomic mass is 10.2. The van der Waals surface area contributed by atoms with Crippen LogP contribution in [0.1, 0.15) is 6.42 Å². The summed E-state index contributed by atoms with van der Waals surface area (Å²) >= 11 is 1.48. The zero-order valence-electron chi connectivity index (χ0n) is 7.14. The number of fused-ring (bicyclic) bond motifs is 2. The summed E-state index contributed by atoms with van der Waals surface area (Å²) in [7, 11) is 0. The number of nitrogen functional groups attached to an aromatic ring is 1. The number of nitrogens with zero attached hydrogens (tertiary/aromatic N) is 2. The molecule has 2 aliphatic heterocycles. The average molecular weight is 197 g/mol. The summed E-state index contributed by atoms with van der Waals surface area (Å²) < 4.78 is 9.60. The van der Waals surface area contributed by atoms with E-state index in [1.807, 2.05) is 6.07 Å². The van der Waals surface area contributed by atoms with Gasteiger partial charge in [0.2, 0.25) is 0 Å². The monoisotopic (exact) mass is 197 g/mol. The first-order chi connectivity index (χ1) is 6.33. The second-order valence-corrected chi connectivity index (χ2v) is 4.37. The van der Waals surface area contributed by atoms with Crippen molar-refractivity contribution in [1.29, 1.82) is 0 Å². The topological polar surface area (TPSA) is 51.4 Å². The predicted octanol–water partition coefficient (Wildman–Crippen LogP) is 0.703. The summed E-state index contributed by atoms with van der Waals surface area (Å²) in [5, 5.41) is 1.19. The Bertz CT molecular complexity index is 327. The molecule has 1 aromatic heterocycles. The molecule has 0 saturated carbocycles. The van der Waals surface area contributed by atoms with Crippen molar-refractivity contribution < 1.29 is 4.74 Å². The Hall–Kier alpha value is -0.810. The molecule has 3 heterocycles. The molecule has 2 N–H and O–H groups in total. The fourth-order valence-electron chi connectivity index (χ4n) is 2.08. The predicted molar refractivity (Wildman–Crippen MR) is 52.0 cm³/mol. The molecular formula is C8H11N3OS. The summed E-state index contributed by atoms with van der Waals surface area (Å²) in [5.74, 6) is 0.628. The van der Waals surface area contributed by atoms with E-state index < -0.39 is 0 Å². The molecule has 0 aliphatic carbocycles. The molecule has 0 radical (unpaired) electrons. The summed E-state index contributed by atoms with van der Waals surface area (Å²) in [6, 6.07) is 2.51. The maximum absolute atomic E-state index is 5.59. The van der Waals surface area contributed by atoms with Gasteiger partial charge in [0.1, 0.15) is 10.8 Å². The van der Waals surface area contributed by atoms with Crippen LogP contribution < -0.4 is 10.6 Å². The Balaban J connectivity index is 1.87. The molecule has 2 aliphatic rings. The molecule has 13 heavy (non-hydrogen) atoms. The van der Waals surface area contributed by atoms with Crippen molar-refractivity contribution in [3.63, 3.8) is 0 Å². The second-order valence-electron chi connectivity index (χ2n) is 3.59. The SMILES string of the molecule is Nc1cc(N2CC3CC2CO3)sn1. The highest BCUT2D eigenvalue weighted by Crippen LogP contribution is 2.35. The van der Waals surface area contributed by atoms with E-state index in [2.05, 4.69) is 9.27 Å². The molecule has 4 nitrogen and oxygen atoms in total. The third-order valence-electron chi connectivity index (χ3n) is 2.70. The van der Waals surface area contributed by atoms with Crippen LogP contribution in [0.5, 0.6) is 0 Å². The van der Waals surface area contributed by atoms with Crippen molar-refractivity contribution >= 4 is 22.4 Å². The van der Waals surface area contributed by atoms with E-state index in [-0.39, 0.29) is 0 Å². The van der Waals surface area contributed by atoms with Crippen LogP contribution in [0.3, 0.4) is 0 Å². The minimum Gasteiger partial charge on any atom is -0.383 e. The van der Waals surface area contributed by atoms with E-state index in [0.29, 0.717) is 18.0 Å². The van der Waals surface area contributed by atoms with Crippen LogP contribution in [0.2, 0.25) is 0 Å². The lowest BCUT2D eigenvalue weighted by Gasteiger charge is -2.26. The number of nitrogens with two attached hydrogens (primary N) is 1. The average Bonchev–Trinajstić information content (AvgIpc) is 2.77. The van der Waals surface area contributed by atoms with Gasteiger partial charge in [0.05, 0.1) is 18.8 Å². The van der Waals surface area contributed by atoms with Gasteiger partial charge in [0.15, 0.2) is 0 Å². The van der Waals surface area contributed by atoms with E-state index in [9.17, 15) is 0 Å². The molecule has 5 heteroatoms. The van der Waals surface area contributed by atoms with E-state index in [1.54, 1.807) is 0 Å². The third kappa shape index (κ3) is 1.11. The van der Waals surface area contributed by atoms with Crippen molar-refractivity contribution in [2.24, 2.45) is 0 Å². The van der Waals surface area contributed by atoms with Gasteiger partial charge in [-0.3, -0.25) is 0 Å². The number of morpholine rings is 1. The summed E-state index contributed by atoms with van der Waals surface area (Å²) in [4.78, 5) is 2.36. The van der Waals surface area contributed by atoms with Gasteiger partial charge in [0, 0.05) is 12.6 Å². The van der Waals surface area contributed by atoms with E-state index in [0.717, 1.165) is 19.6 Å². The van der Waals surface area contributed by atoms with Crippen LogP contribution in [0, 0.1) is 0 Å². The number of ether oxygens (including phenoxy) is 1. The van der Waals surface area contributed by atoms with Crippen molar-refractivity contribution in [3.8, 4) is 0 Å². The number of anilines is 2. The number of rotatable bonds is 1. The van der Waals surface area contributed by atoms with Gasteiger partial charge in [-0.05, 0) is 18.0 Å². The van der Waals surface area contributed by atoms with Crippen LogP contribution in [0.25, 0.3) is 0 Å². The lowest BCUT2D eigenvalue weighted by Crippen LogP contribution is -2.36. The van der Waals surface area contributed by atoms with Crippen molar-refractivity contribution in [2.75, 3.05) is 23.8 Å². The lowest BCUT2D eigenvalue weighted by molar-refractivity contribution is 0.0993. The molecule has 3 rings (SSSR count). The Morgan fingerprint density at radius 2 is 2.62 bits per heavy atom. The standard InChI is InChI=1S/C8H11N3OS/c9-7-2-8(13-10-7)11-3-6-1-5(11)4-12-6/h2,5-6H,1,3-4H2,(H2,9,10). The molecule has 0 aromatic carbocycles. The van der Waals surface area contributed by atoms with E-state index in [4.69, 9.17) is 10.5 Å². The maximum Gasteiger partial charge on any atom is 0.139 e. The van der Waals surface area contributed by atoms with Crippen molar-refractivity contribution in [2.45, 2.75) is 18.6 Å². The first kappa shape index (κ1) is 7.58. The summed E-state index contributed by atoms with van der Waals surface area (Å²) in [6.07, 6.45) is 1.60. The molecule has 2 bridgehead atoms. The molecule has 1 aromatic rings. The normalized spacial score (nSPS) is 31.5. The Labute approximate surface area is 80.5 Å². The highest BCUT2D eigenvalue weighted by Gasteiger charge is 2.39. The zero-order valence-corrected chi connectivity index (χ0v) is 7.96. The van der Waals surface area contributed by atoms with E-state index in [1.165, 1.54) is 16.5 Å². The van der Waals surface area contributed by atoms with Gasteiger partial charge < -0.3 is 15.4 Å². The summed E-state index contributed by atoms with van der Waals surface area (Å²) in [5.41, 5.74) is 5.59. The number of aromatic nitrogens is 1. The maximum atomic E-state index is 5.59. The number of hydrogen-bond donors (Lipinski definition) is 1. The second kappa shape index (κ2) is 2.59. The quantitative estimate of drug-likeness (QED) is 0.720. The molecule has 2 saturated heterocycles. The first-order valence-corrected chi connectivity index (χ1v) is 5.21. The van der Waals surface area contributed by atoms with Crippen molar-refractivity contribution in [3.05, 3.63) is 6.07 Å². The molecule has 0 amide bonds. The van der Waals surface area contributed by atoms with Gasteiger partial charge in [-0.1, -0.05) is 0 Å². The van der Waals surface area contributed by atoms with Gasteiger partial charge in [0.25, 0.3) is 0 Å². The number of hydrogen-bond acceptors (Lipinski definition) is 5. The molecule has 2 unspecified atom stereocenters. The molecule has 2 atom stereocenters. The van der Waals surface area contributed by atoms with Gasteiger partial charge in [-0.25, -0.2) is 0 Å². The molecule has 2 fully saturated rings. The largest absolute Gasteiger partial charge is 0.383 e. The molecular weight excluding hydrogens is 186 g/mol. The highest BCUT2D eigenvalue weighted by atomic mass is 32.1. The van der Waals surface area contributed by atoms with Crippen LogP contribution in [0.15, 0.2) is 6.07 Å². The van der Waals surface area contributed by atoms with Crippen LogP contribution >= 0.6 is 11.5 Å². The van der Waals surface area contributed by atoms with Gasteiger partial charge >= 0.3 is 0 Å². The van der Waals surface area contributed by atoms with Gasteiger partial charge in [-0.2, -0.15) is 4.37 Å². The van der Waals surface area contributed by atoms with Crippen molar-refractivity contribution in [1.82, 2.24) is 4.37 Å². The van der Waals surface area contributed by atoms with Crippen LogP contribution in [0.4, 0.5) is 10.8 Å². The summed E-state index contributed by atoms with van der Waals surface area (Å²) in [6.45, 7) is 1.87. The third-order valence-corrected chi connectivity index (χ3v) is 3.54. The highest BCUT2D eigenvalue weighted by molar-refractivity contribution is 7.10. The minimum absolute atomic E-state index is 0.438. The minimum atomic E-state index is 0.438. The molecule has 0 spiro atoms. The Kier molecular flexibility index (Phi) is 1.51. The van der Waals surface area contributed by atoms with E-state index >= 15 is 0 Å². The fourth-order valence-corrected chi connectivity index (χ4v) is 2.84. The van der Waals surface area contributed by atoms with Crippen LogP contribution in [-0.4, -0.2) is 29.7 Å². The van der Waals surface area contributed by atoms with Gasteiger partial charge in [-0.15, -0.1) is 0 Å². The fraction of sp³-hybridized carbons (Fsp3) is 0.625. The Morgan fingerprint density at radius 1 is 1.69 bits per heavy atom. The Morgan fingerprint density at radius 3 is 3.15 bits per heavy atom.